The van der Waals surface area contributed by atoms with Crippen molar-refractivity contribution in [2.75, 3.05) is 26.8 Å². The number of furan rings is 1. The molecule has 7 heteroatoms. The van der Waals surface area contributed by atoms with Crippen LogP contribution in [0, 0.1) is 5.92 Å². The van der Waals surface area contributed by atoms with E-state index in [1.54, 1.807) is 11.2 Å². The van der Waals surface area contributed by atoms with Gasteiger partial charge in [-0.2, -0.15) is 0 Å². The summed E-state index contributed by atoms with van der Waals surface area (Å²) in [6.45, 7) is 0.647. The van der Waals surface area contributed by atoms with Gasteiger partial charge in [-0.3, -0.25) is 14.4 Å². The predicted octanol–water partition coefficient (Wildman–Crippen LogP) is 2.42. The summed E-state index contributed by atoms with van der Waals surface area (Å²) in [5, 5.41) is 0.943. The number of fused-ring (bicyclic) bond motifs is 2. The third kappa shape index (κ3) is 4.13. The van der Waals surface area contributed by atoms with E-state index in [-0.39, 0.29) is 30.8 Å². The zero-order valence-corrected chi connectivity index (χ0v) is 16.6. The van der Waals surface area contributed by atoms with Gasteiger partial charge in [0.2, 0.25) is 0 Å². The van der Waals surface area contributed by atoms with Crippen LogP contribution in [-0.2, 0) is 43.1 Å². The number of likely N-dealkylation sites (tertiary alicyclic amines) is 1. The van der Waals surface area contributed by atoms with Gasteiger partial charge in [-0.1, -0.05) is 0 Å². The van der Waals surface area contributed by atoms with E-state index in [1.807, 2.05) is 0 Å². The van der Waals surface area contributed by atoms with Crippen molar-refractivity contribution in [3.63, 3.8) is 0 Å². The molecule has 4 rings (SSSR count). The molecule has 154 valence electrons. The van der Waals surface area contributed by atoms with Crippen LogP contribution in [0.3, 0.4) is 0 Å². The van der Waals surface area contributed by atoms with Crippen molar-refractivity contribution in [2.24, 2.45) is 5.92 Å². The number of hydrogen-bond acceptors (Lipinski definition) is 6. The number of nitrogens with zero attached hydrogens (tertiary/aromatic N) is 1. The molecule has 1 aliphatic carbocycles. The van der Waals surface area contributed by atoms with E-state index in [2.05, 4.69) is 12.1 Å². The maximum absolute atomic E-state index is 12.3. The number of rotatable bonds is 5. The first kappa shape index (κ1) is 19.5. The van der Waals surface area contributed by atoms with E-state index >= 15 is 0 Å². The van der Waals surface area contributed by atoms with Gasteiger partial charge < -0.3 is 18.8 Å². The summed E-state index contributed by atoms with van der Waals surface area (Å²) in [6, 6.07) is 4.17. The summed E-state index contributed by atoms with van der Waals surface area (Å²) < 4.78 is 15.6. The lowest BCUT2D eigenvalue weighted by atomic mass is 9.97. The molecule has 2 aliphatic rings. The molecular formula is C22H25NO6. The predicted molar refractivity (Wildman–Crippen MR) is 104 cm³/mol. The summed E-state index contributed by atoms with van der Waals surface area (Å²) in [4.78, 5) is 37.8. The fourth-order valence-corrected chi connectivity index (χ4v) is 4.26. The molecule has 1 amide bonds. The normalized spacial score (nSPS) is 16.7. The molecule has 1 fully saturated rings. The molecule has 0 bridgehead atoms. The largest absolute Gasteiger partial charge is 0.469 e. The van der Waals surface area contributed by atoms with Gasteiger partial charge in [0, 0.05) is 24.0 Å². The fraction of sp³-hybridized carbons (Fsp3) is 0.500. The number of hydrogen-bond donors (Lipinski definition) is 0. The van der Waals surface area contributed by atoms with Crippen LogP contribution < -0.4 is 0 Å². The zero-order chi connectivity index (χ0) is 20.4. The van der Waals surface area contributed by atoms with E-state index in [0.717, 1.165) is 35.8 Å². The molecule has 0 unspecified atom stereocenters. The Balaban J connectivity index is 1.29. The monoisotopic (exact) mass is 399 g/mol. The van der Waals surface area contributed by atoms with E-state index in [1.165, 1.54) is 18.2 Å². The number of benzene rings is 1. The summed E-state index contributed by atoms with van der Waals surface area (Å²) in [5.74, 6) is -1.09. The van der Waals surface area contributed by atoms with Crippen LogP contribution in [0.25, 0.3) is 11.0 Å². The molecule has 7 nitrogen and oxygen atoms in total. The first-order valence-electron chi connectivity index (χ1n) is 10.1. The van der Waals surface area contributed by atoms with Crippen LogP contribution in [-0.4, -0.2) is 49.6 Å². The molecule has 29 heavy (non-hydrogen) atoms. The highest BCUT2D eigenvalue weighted by Crippen LogP contribution is 2.30. The molecule has 1 aromatic carbocycles. The average Bonchev–Trinajstić information content (AvgIpc) is 3.36. The first-order chi connectivity index (χ1) is 14.0. The Morgan fingerprint density at radius 1 is 1.14 bits per heavy atom. The average molecular weight is 399 g/mol. The Hall–Kier alpha value is -2.83. The lowest BCUT2D eigenvalue weighted by Crippen LogP contribution is -2.42. The molecule has 1 aliphatic heterocycles. The minimum atomic E-state index is -0.453. The third-order valence-electron chi connectivity index (χ3n) is 5.94. The molecule has 1 saturated heterocycles. The number of aryl methyl sites for hydroxylation is 2. The second-order valence-corrected chi connectivity index (χ2v) is 7.75. The second-order valence-electron chi connectivity index (χ2n) is 7.75. The van der Waals surface area contributed by atoms with Crippen LogP contribution in [0.1, 0.15) is 36.0 Å². The van der Waals surface area contributed by atoms with Crippen molar-refractivity contribution >= 4 is 28.8 Å². The van der Waals surface area contributed by atoms with Crippen LogP contribution in [0.2, 0.25) is 0 Å². The number of amides is 1. The summed E-state index contributed by atoms with van der Waals surface area (Å²) in [6.07, 6.45) is 6.08. The van der Waals surface area contributed by atoms with Gasteiger partial charge in [0.25, 0.3) is 5.91 Å². The molecule has 0 radical (unpaired) electrons. The SMILES string of the molecule is COC(=O)C1CCN(C(=O)COC(=O)Cc2coc3cc4c(cc23)CCC4)CC1. The zero-order valence-electron chi connectivity index (χ0n) is 16.6. The molecule has 1 aromatic heterocycles. The maximum atomic E-state index is 12.3. The highest BCUT2D eigenvalue weighted by atomic mass is 16.5. The quantitative estimate of drug-likeness (QED) is 0.718. The summed E-state index contributed by atoms with van der Waals surface area (Å²) >= 11 is 0. The van der Waals surface area contributed by atoms with E-state index < -0.39 is 5.97 Å². The topological polar surface area (TPSA) is 86.0 Å². The Labute approximate surface area is 168 Å². The highest BCUT2D eigenvalue weighted by molar-refractivity contribution is 5.88. The number of carbonyl (C=O) groups excluding carboxylic acids is 3. The lowest BCUT2D eigenvalue weighted by molar-refractivity contribution is -0.153. The van der Waals surface area contributed by atoms with Gasteiger partial charge in [-0.15, -0.1) is 0 Å². The Morgan fingerprint density at radius 3 is 2.59 bits per heavy atom. The van der Waals surface area contributed by atoms with Crippen molar-refractivity contribution in [3.05, 3.63) is 35.1 Å². The lowest BCUT2D eigenvalue weighted by Gasteiger charge is -2.30. The van der Waals surface area contributed by atoms with Gasteiger partial charge in [0.15, 0.2) is 6.61 Å². The second kappa shape index (κ2) is 8.27. The smallest absolute Gasteiger partial charge is 0.310 e. The first-order valence-corrected chi connectivity index (χ1v) is 10.1. The van der Waals surface area contributed by atoms with Gasteiger partial charge in [-0.05, 0) is 55.4 Å². The third-order valence-corrected chi connectivity index (χ3v) is 5.94. The summed E-state index contributed by atoms with van der Waals surface area (Å²) in [5.41, 5.74) is 4.21. The van der Waals surface area contributed by atoms with Gasteiger partial charge in [-0.25, -0.2) is 0 Å². The number of esters is 2. The van der Waals surface area contributed by atoms with Crippen LogP contribution in [0.15, 0.2) is 22.8 Å². The summed E-state index contributed by atoms with van der Waals surface area (Å²) in [7, 11) is 1.37. The Morgan fingerprint density at radius 2 is 1.86 bits per heavy atom. The van der Waals surface area contributed by atoms with Crippen molar-refractivity contribution in [1.29, 1.82) is 0 Å². The van der Waals surface area contributed by atoms with Crippen molar-refractivity contribution in [2.45, 2.75) is 38.5 Å². The molecule has 0 atom stereocenters. The van der Waals surface area contributed by atoms with Crippen molar-refractivity contribution in [3.8, 4) is 0 Å². The number of methoxy groups -OCH3 is 1. The minimum absolute atomic E-state index is 0.0729. The van der Waals surface area contributed by atoms with E-state index in [9.17, 15) is 14.4 Å². The Bertz CT molecular complexity index is 938. The van der Waals surface area contributed by atoms with Crippen LogP contribution >= 0.6 is 0 Å². The fourth-order valence-electron chi connectivity index (χ4n) is 4.26. The van der Waals surface area contributed by atoms with Crippen molar-refractivity contribution in [1.82, 2.24) is 4.90 Å². The molecule has 0 N–H and O–H groups in total. The number of piperidine rings is 1. The highest BCUT2D eigenvalue weighted by Gasteiger charge is 2.28. The van der Waals surface area contributed by atoms with Gasteiger partial charge in [0.05, 0.1) is 25.7 Å². The standard InChI is InChI=1S/C22H25NO6/c1-27-22(26)14-5-7-23(8-6-14)20(24)13-29-21(25)11-17-12-28-19-10-16-4-2-3-15(16)9-18(17)19/h9-10,12,14H,2-8,11,13H2,1H3. The molecule has 0 spiro atoms. The minimum Gasteiger partial charge on any atom is -0.469 e. The number of carbonyl (C=O) groups is 3. The van der Waals surface area contributed by atoms with E-state index in [4.69, 9.17) is 13.9 Å². The van der Waals surface area contributed by atoms with Gasteiger partial charge >= 0.3 is 11.9 Å². The number of ether oxygens (including phenoxy) is 2. The van der Waals surface area contributed by atoms with Crippen LogP contribution in [0.4, 0.5) is 0 Å². The molecule has 2 heterocycles. The van der Waals surface area contributed by atoms with Crippen LogP contribution in [0.5, 0.6) is 0 Å². The van der Waals surface area contributed by atoms with Gasteiger partial charge in [0.1, 0.15) is 5.58 Å². The Kier molecular flexibility index (Phi) is 5.56. The molecule has 0 saturated carbocycles. The molecule has 2 aromatic rings. The molecular weight excluding hydrogens is 374 g/mol. The van der Waals surface area contributed by atoms with Crippen molar-refractivity contribution < 1.29 is 28.3 Å². The maximum Gasteiger partial charge on any atom is 0.310 e. The van der Waals surface area contributed by atoms with E-state index in [0.29, 0.717) is 25.9 Å².